The Balaban J connectivity index is 1.48. The van der Waals surface area contributed by atoms with Crippen LogP contribution in [-0.2, 0) is 4.79 Å². The smallest absolute Gasteiger partial charge is 0.163 e. The van der Waals surface area contributed by atoms with Crippen LogP contribution < -0.4 is 15.4 Å². The third kappa shape index (κ3) is 4.56. The van der Waals surface area contributed by atoms with Crippen LogP contribution in [0.25, 0.3) is 0 Å². The number of anilines is 2. The Morgan fingerprint density at radius 1 is 0.912 bits per heavy atom. The predicted molar refractivity (Wildman–Crippen MR) is 134 cm³/mol. The Labute approximate surface area is 199 Å². The summed E-state index contributed by atoms with van der Waals surface area (Å²) in [7, 11) is 0. The average molecular weight is 457 g/mol. The van der Waals surface area contributed by atoms with E-state index in [0.717, 1.165) is 45.9 Å². The molecular formula is C29H29FN2O2. The summed E-state index contributed by atoms with van der Waals surface area (Å²) in [5, 5.41) is 7.07. The summed E-state index contributed by atoms with van der Waals surface area (Å²) in [6.45, 7) is 4.93. The lowest BCUT2D eigenvalue weighted by molar-refractivity contribution is -0.116. The van der Waals surface area contributed by atoms with Gasteiger partial charge in [0.2, 0.25) is 0 Å². The molecule has 0 amide bonds. The van der Waals surface area contributed by atoms with E-state index in [1.54, 1.807) is 12.1 Å². The molecule has 0 radical (unpaired) electrons. The molecule has 1 aliphatic carbocycles. The summed E-state index contributed by atoms with van der Waals surface area (Å²) < 4.78 is 19.4. The third-order valence-corrected chi connectivity index (χ3v) is 6.45. The van der Waals surface area contributed by atoms with Crippen molar-refractivity contribution < 1.29 is 13.9 Å². The lowest BCUT2D eigenvalue weighted by Gasteiger charge is -2.30. The van der Waals surface area contributed by atoms with E-state index in [-0.39, 0.29) is 23.6 Å². The van der Waals surface area contributed by atoms with Gasteiger partial charge in [-0.25, -0.2) is 4.39 Å². The van der Waals surface area contributed by atoms with E-state index in [0.29, 0.717) is 18.9 Å². The second-order valence-electron chi connectivity index (χ2n) is 9.49. The lowest BCUT2D eigenvalue weighted by atomic mass is 9.78. The number of allylic oxidation sites excluding steroid dienone is 1. The van der Waals surface area contributed by atoms with E-state index in [1.807, 2.05) is 36.4 Å². The zero-order valence-corrected chi connectivity index (χ0v) is 19.5. The van der Waals surface area contributed by atoms with Gasteiger partial charge in [0.1, 0.15) is 11.6 Å². The van der Waals surface area contributed by atoms with Crippen molar-refractivity contribution >= 4 is 17.2 Å². The highest BCUT2D eigenvalue weighted by Crippen LogP contribution is 2.44. The Kier molecular flexibility index (Phi) is 6.10. The number of nitrogens with one attached hydrogen (secondary N) is 2. The minimum Gasteiger partial charge on any atom is -0.493 e. The second kappa shape index (κ2) is 9.34. The molecular weight excluding hydrogens is 427 g/mol. The van der Waals surface area contributed by atoms with Crippen LogP contribution in [0.3, 0.4) is 0 Å². The van der Waals surface area contributed by atoms with Crippen molar-refractivity contribution in [2.45, 2.75) is 38.6 Å². The topological polar surface area (TPSA) is 50.4 Å². The monoisotopic (exact) mass is 456 g/mol. The molecule has 2 N–H and O–H groups in total. The highest BCUT2D eigenvalue weighted by molar-refractivity contribution is 6.01. The van der Waals surface area contributed by atoms with Gasteiger partial charge in [-0.2, -0.15) is 0 Å². The van der Waals surface area contributed by atoms with Crippen LogP contribution in [0.1, 0.15) is 49.8 Å². The van der Waals surface area contributed by atoms with Crippen molar-refractivity contribution in [3.8, 4) is 5.75 Å². The summed E-state index contributed by atoms with van der Waals surface area (Å²) in [4.78, 5) is 13.6. The largest absolute Gasteiger partial charge is 0.493 e. The average Bonchev–Trinajstić information content (AvgIpc) is 3.00. The van der Waals surface area contributed by atoms with E-state index in [9.17, 15) is 9.18 Å². The Bertz CT molecular complexity index is 1220. The SMILES string of the molecule is CC(C)COc1ccc(C2CC(=O)C3=C(C2)Nc2ccccc2NC3c2ccc(F)cc2)cc1. The summed E-state index contributed by atoms with van der Waals surface area (Å²) in [6.07, 6.45) is 1.16. The number of carbonyl (C=O) groups is 1. The first-order chi connectivity index (χ1) is 16.5. The molecule has 5 rings (SSSR count). The number of ketones is 1. The second-order valence-corrected chi connectivity index (χ2v) is 9.49. The minimum absolute atomic E-state index is 0.0806. The number of ether oxygens (including phenoxy) is 1. The van der Waals surface area contributed by atoms with E-state index in [4.69, 9.17) is 4.74 Å². The maximum absolute atomic E-state index is 13.6. The maximum atomic E-state index is 13.6. The summed E-state index contributed by atoms with van der Waals surface area (Å²) in [5.41, 5.74) is 5.50. The molecule has 0 saturated carbocycles. The molecule has 1 heterocycles. The Morgan fingerprint density at radius 2 is 1.59 bits per heavy atom. The van der Waals surface area contributed by atoms with Gasteiger partial charge in [-0.3, -0.25) is 4.79 Å². The first-order valence-electron chi connectivity index (χ1n) is 11.8. The van der Waals surface area contributed by atoms with Gasteiger partial charge < -0.3 is 15.4 Å². The standard InChI is InChI=1S/C29H29FN2O2/c1-18(2)17-34-23-13-9-19(10-14-23)21-15-26-28(27(33)16-21)29(20-7-11-22(30)12-8-20)32-25-6-4-3-5-24(25)31-26/h3-14,18,21,29,31-32H,15-17H2,1-2H3. The number of fused-ring (bicyclic) bond motifs is 1. The van der Waals surface area contributed by atoms with Crippen molar-refractivity contribution in [2.75, 3.05) is 17.2 Å². The van der Waals surface area contributed by atoms with Gasteiger partial charge in [0, 0.05) is 17.7 Å². The number of rotatable bonds is 5. The molecule has 2 atom stereocenters. The van der Waals surface area contributed by atoms with E-state index >= 15 is 0 Å². The lowest BCUT2D eigenvalue weighted by Crippen LogP contribution is -2.26. The molecule has 0 saturated heterocycles. The van der Waals surface area contributed by atoms with Gasteiger partial charge in [-0.15, -0.1) is 0 Å². The van der Waals surface area contributed by atoms with Gasteiger partial charge >= 0.3 is 0 Å². The highest BCUT2D eigenvalue weighted by atomic mass is 19.1. The van der Waals surface area contributed by atoms with Crippen LogP contribution in [-0.4, -0.2) is 12.4 Å². The van der Waals surface area contributed by atoms with Crippen LogP contribution in [0.15, 0.2) is 84.1 Å². The van der Waals surface area contributed by atoms with E-state index in [1.165, 1.54) is 12.1 Å². The first-order valence-corrected chi connectivity index (χ1v) is 11.8. The van der Waals surface area contributed by atoms with E-state index in [2.05, 4.69) is 36.6 Å². The van der Waals surface area contributed by atoms with Crippen molar-refractivity contribution in [3.63, 3.8) is 0 Å². The van der Waals surface area contributed by atoms with Crippen molar-refractivity contribution in [1.82, 2.24) is 0 Å². The molecule has 34 heavy (non-hydrogen) atoms. The molecule has 0 spiro atoms. The molecule has 174 valence electrons. The molecule has 2 unspecified atom stereocenters. The summed E-state index contributed by atoms with van der Waals surface area (Å²) in [6, 6.07) is 22.1. The van der Waals surface area contributed by atoms with Gasteiger partial charge in [0.25, 0.3) is 0 Å². The molecule has 0 fully saturated rings. The van der Waals surface area contributed by atoms with Crippen LogP contribution in [0, 0.1) is 11.7 Å². The van der Waals surface area contributed by atoms with E-state index < -0.39 is 0 Å². The fourth-order valence-corrected chi connectivity index (χ4v) is 4.73. The fraction of sp³-hybridized carbons (Fsp3) is 0.276. The van der Waals surface area contributed by atoms with Crippen molar-refractivity contribution in [3.05, 3.63) is 101 Å². The van der Waals surface area contributed by atoms with Crippen LogP contribution in [0.5, 0.6) is 5.75 Å². The number of hydrogen-bond donors (Lipinski definition) is 2. The number of carbonyl (C=O) groups excluding carboxylic acids is 1. The molecule has 2 aliphatic rings. The summed E-state index contributed by atoms with van der Waals surface area (Å²) >= 11 is 0. The molecule has 0 bridgehead atoms. The quantitative estimate of drug-likeness (QED) is 0.441. The maximum Gasteiger partial charge on any atom is 0.163 e. The molecule has 3 aromatic rings. The van der Waals surface area contributed by atoms with Crippen LogP contribution >= 0.6 is 0 Å². The molecule has 0 aromatic heterocycles. The normalized spacial score (nSPS) is 19.6. The Morgan fingerprint density at radius 3 is 2.29 bits per heavy atom. The Hall–Kier alpha value is -3.60. The first kappa shape index (κ1) is 22.2. The van der Waals surface area contributed by atoms with Crippen LogP contribution in [0.4, 0.5) is 15.8 Å². The molecule has 1 aliphatic heterocycles. The molecule has 4 nitrogen and oxygen atoms in total. The van der Waals surface area contributed by atoms with Gasteiger partial charge in [0.15, 0.2) is 5.78 Å². The van der Waals surface area contributed by atoms with Gasteiger partial charge in [-0.05, 0) is 65.8 Å². The predicted octanol–water partition coefficient (Wildman–Crippen LogP) is 6.84. The number of para-hydroxylation sites is 2. The highest BCUT2D eigenvalue weighted by Gasteiger charge is 2.36. The number of hydrogen-bond acceptors (Lipinski definition) is 4. The van der Waals surface area contributed by atoms with Crippen molar-refractivity contribution in [2.24, 2.45) is 5.92 Å². The van der Waals surface area contributed by atoms with Gasteiger partial charge in [0.05, 0.1) is 24.0 Å². The van der Waals surface area contributed by atoms with Crippen molar-refractivity contribution in [1.29, 1.82) is 0 Å². The third-order valence-electron chi connectivity index (χ3n) is 6.45. The minimum atomic E-state index is -0.341. The van der Waals surface area contributed by atoms with Gasteiger partial charge in [-0.1, -0.05) is 50.2 Å². The zero-order valence-electron chi connectivity index (χ0n) is 19.5. The number of benzene rings is 3. The van der Waals surface area contributed by atoms with Crippen LogP contribution in [0.2, 0.25) is 0 Å². The summed E-state index contributed by atoms with van der Waals surface area (Å²) in [5.74, 6) is 1.21. The number of Topliss-reactive ketones (excluding diaryl/α,β-unsaturated/α-hetero) is 1. The fourth-order valence-electron chi connectivity index (χ4n) is 4.73. The zero-order chi connectivity index (χ0) is 23.7. The molecule has 5 heteroatoms. The number of halogens is 1. The molecule has 3 aromatic carbocycles.